The van der Waals surface area contributed by atoms with Gasteiger partial charge in [0.1, 0.15) is 6.33 Å². The van der Waals surface area contributed by atoms with Crippen LogP contribution in [0.1, 0.15) is 6.92 Å². The van der Waals surface area contributed by atoms with Crippen molar-refractivity contribution in [2.45, 2.75) is 17.3 Å². The van der Waals surface area contributed by atoms with E-state index in [2.05, 4.69) is 15.2 Å². The van der Waals surface area contributed by atoms with Gasteiger partial charge in [0.05, 0.1) is 11.5 Å². The van der Waals surface area contributed by atoms with E-state index in [0.717, 1.165) is 22.7 Å². The fourth-order valence-electron chi connectivity index (χ4n) is 1.75. The van der Waals surface area contributed by atoms with E-state index in [1.807, 2.05) is 24.3 Å². The van der Waals surface area contributed by atoms with E-state index in [1.165, 1.54) is 0 Å². The van der Waals surface area contributed by atoms with Crippen molar-refractivity contribution < 1.29 is 9.90 Å². The van der Waals surface area contributed by atoms with Crippen molar-refractivity contribution in [1.29, 1.82) is 0 Å². The number of nitrogens with zero attached hydrogens (tertiary/aromatic N) is 4. The molecule has 2 heterocycles. The molecule has 7 heteroatoms. The number of aliphatic carboxylic acids is 1. The second kappa shape index (κ2) is 4.51. The standard InChI is InChI=1S/C12H10N4O2S/c1-7(11(17)18)19-12-15-14-10-8-4-2-3-5-9(8)13-6-16(10)12/h2-7H,1H3,(H,17,18)/p-1/t7-/m0/s1. The molecule has 0 aliphatic carbocycles. The molecule has 0 saturated heterocycles. The summed E-state index contributed by atoms with van der Waals surface area (Å²) < 4.78 is 1.69. The van der Waals surface area contributed by atoms with Gasteiger partial charge in [-0.15, -0.1) is 10.2 Å². The number of thioether (sulfide) groups is 1. The Morgan fingerprint density at radius 1 is 1.37 bits per heavy atom. The Balaban J connectivity index is 2.13. The van der Waals surface area contributed by atoms with Crippen LogP contribution < -0.4 is 5.11 Å². The van der Waals surface area contributed by atoms with Crippen LogP contribution in [0.4, 0.5) is 0 Å². The molecule has 0 fully saturated rings. The van der Waals surface area contributed by atoms with Crippen molar-refractivity contribution >= 4 is 34.3 Å². The molecule has 0 amide bonds. The van der Waals surface area contributed by atoms with Crippen molar-refractivity contribution in [2.75, 3.05) is 0 Å². The molecule has 0 aliphatic rings. The summed E-state index contributed by atoms with van der Waals surface area (Å²) in [6.07, 6.45) is 1.60. The zero-order valence-corrected chi connectivity index (χ0v) is 10.8. The van der Waals surface area contributed by atoms with Crippen LogP contribution in [0.25, 0.3) is 16.6 Å². The first-order valence-corrected chi connectivity index (χ1v) is 6.51. The third-order valence-electron chi connectivity index (χ3n) is 2.74. The molecule has 1 atom stereocenters. The summed E-state index contributed by atoms with van der Waals surface area (Å²) in [4.78, 5) is 15.1. The number of para-hydroxylation sites is 1. The van der Waals surface area contributed by atoms with E-state index in [0.29, 0.717) is 10.8 Å². The largest absolute Gasteiger partial charge is 0.549 e. The molecule has 0 N–H and O–H groups in total. The Kier molecular flexibility index (Phi) is 2.83. The fraction of sp³-hybridized carbons (Fsp3) is 0.167. The van der Waals surface area contributed by atoms with Crippen molar-refractivity contribution in [2.24, 2.45) is 0 Å². The molecule has 0 saturated carbocycles. The fourth-order valence-corrected chi connectivity index (χ4v) is 2.49. The van der Waals surface area contributed by atoms with Gasteiger partial charge in [-0.05, 0) is 19.1 Å². The van der Waals surface area contributed by atoms with Crippen molar-refractivity contribution in [3.05, 3.63) is 30.6 Å². The average molecular weight is 273 g/mol. The summed E-state index contributed by atoms with van der Waals surface area (Å²) in [5, 5.41) is 19.6. The van der Waals surface area contributed by atoms with Gasteiger partial charge >= 0.3 is 0 Å². The molecule has 0 unspecified atom stereocenters. The van der Waals surface area contributed by atoms with Gasteiger partial charge in [-0.2, -0.15) is 0 Å². The monoisotopic (exact) mass is 273 g/mol. The van der Waals surface area contributed by atoms with E-state index >= 15 is 0 Å². The van der Waals surface area contributed by atoms with Crippen LogP contribution >= 0.6 is 11.8 Å². The first kappa shape index (κ1) is 11.9. The Morgan fingerprint density at radius 3 is 2.95 bits per heavy atom. The zero-order chi connectivity index (χ0) is 13.4. The maximum absolute atomic E-state index is 10.8. The number of hydrogen-bond acceptors (Lipinski definition) is 6. The van der Waals surface area contributed by atoms with Crippen LogP contribution in [0.3, 0.4) is 0 Å². The molecule has 1 aromatic carbocycles. The van der Waals surface area contributed by atoms with E-state index in [-0.39, 0.29) is 0 Å². The number of carbonyl (C=O) groups is 1. The van der Waals surface area contributed by atoms with Gasteiger partial charge in [-0.1, -0.05) is 23.9 Å². The van der Waals surface area contributed by atoms with E-state index in [1.54, 1.807) is 17.7 Å². The number of carboxylic acids is 1. The summed E-state index contributed by atoms with van der Waals surface area (Å²) in [6.45, 7) is 1.55. The molecule has 6 nitrogen and oxygen atoms in total. The predicted octanol–water partition coefficient (Wildman–Crippen LogP) is 0.508. The van der Waals surface area contributed by atoms with Crippen LogP contribution in [0.2, 0.25) is 0 Å². The molecule has 3 aromatic rings. The highest BCUT2D eigenvalue weighted by molar-refractivity contribution is 8.00. The Labute approximate surface area is 112 Å². The third-order valence-corrected chi connectivity index (χ3v) is 3.77. The highest BCUT2D eigenvalue weighted by Crippen LogP contribution is 2.24. The normalized spacial score (nSPS) is 12.9. The molecule has 0 spiro atoms. The zero-order valence-electron chi connectivity index (χ0n) is 9.98. The van der Waals surface area contributed by atoms with Gasteiger partial charge < -0.3 is 9.90 Å². The number of aromatic nitrogens is 4. The molecule has 2 aromatic heterocycles. The van der Waals surface area contributed by atoms with Crippen LogP contribution in [-0.2, 0) is 4.79 Å². The highest BCUT2D eigenvalue weighted by Gasteiger charge is 2.13. The molecule has 0 aliphatic heterocycles. The van der Waals surface area contributed by atoms with E-state index in [4.69, 9.17) is 0 Å². The molecule has 0 radical (unpaired) electrons. The van der Waals surface area contributed by atoms with E-state index < -0.39 is 11.2 Å². The number of carboxylic acid groups (broad SMARTS) is 1. The Morgan fingerprint density at radius 2 is 2.16 bits per heavy atom. The lowest BCUT2D eigenvalue weighted by Gasteiger charge is -2.09. The molecule has 3 rings (SSSR count). The number of benzene rings is 1. The molecular formula is C12H9N4O2S-. The van der Waals surface area contributed by atoms with Crippen LogP contribution in [-0.4, -0.2) is 30.8 Å². The Hall–Kier alpha value is -2.15. The minimum atomic E-state index is -1.13. The first-order valence-electron chi connectivity index (χ1n) is 5.63. The minimum Gasteiger partial charge on any atom is -0.549 e. The van der Waals surface area contributed by atoms with Crippen LogP contribution in [0, 0.1) is 0 Å². The van der Waals surface area contributed by atoms with Gasteiger partial charge in [0.2, 0.25) is 0 Å². The lowest BCUT2D eigenvalue weighted by Crippen LogP contribution is -2.31. The Bertz CT molecular complexity index is 771. The van der Waals surface area contributed by atoms with Gasteiger partial charge in [-0.3, -0.25) is 4.40 Å². The van der Waals surface area contributed by atoms with Gasteiger partial charge in [0.15, 0.2) is 10.8 Å². The summed E-state index contributed by atoms with van der Waals surface area (Å²) in [6, 6.07) is 7.59. The quantitative estimate of drug-likeness (QED) is 0.646. The maximum atomic E-state index is 10.8. The predicted molar refractivity (Wildman–Crippen MR) is 68.6 cm³/mol. The summed E-state index contributed by atoms with van der Waals surface area (Å²) in [7, 11) is 0. The minimum absolute atomic E-state index is 0.491. The smallest absolute Gasteiger partial charge is 0.197 e. The van der Waals surface area contributed by atoms with Crippen molar-refractivity contribution in [3.63, 3.8) is 0 Å². The van der Waals surface area contributed by atoms with Crippen molar-refractivity contribution in [3.8, 4) is 0 Å². The SMILES string of the molecule is C[C@H](Sc1nnc2c3ccccc3ncn12)C(=O)[O-]. The molecule has 0 bridgehead atoms. The van der Waals surface area contributed by atoms with Crippen LogP contribution in [0.15, 0.2) is 35.7 Å². The third kappa shape index (κ3) is 2.01. The van der Waals surface area contributed by atoms with Gasteiger partial charge in [-0.25, -0.2) is 4.98 Å². The molecule has 19 heavy (non-hydrogen) atoms. The van der Waals surface area contributed by atoms with Crippen molar-refractivity contribution in [1.82, 2.24) is 19.6 Å². The first-order chi connectivity index (χ1) is 9.16. The second-order valence-electron chi connectivity index (χ2n) is 4.02. The van der Waals surface area contributed by atoms with Gasteiger partial charge in [0.25, 0.3) is 0 Å². The lowest BCUT2D eigenvalue weighted by molar-refractivity contribution is -0.304. The second-order valence-corrected chi connectivity index (χ2v) is 5.32. The summed E-state index contributed by atoms with van der Waals surface area (Å²) in [5.41, 5.74) is 1.49. The molecular weight excluding hydrogens is 264 g/mol. The number of fused-ring (bicyclic) bond motifs is 3. The number of hydrogen-bond donors (Lipinski definition) is 0. The maximum Gasteiger partial charge on any atom is 0.197 e. The van der Waals surface area contributed by atoms with E-state index in [9.17, 15) is 9.90 Å². The highest BCUT2D eigenvalue weighted by atomic mass is 32.2. The summed E-state index contributed by atoms with van der Waals surface area (Å²) >= 11 is 1.08. The lowest BCUT2D eigenvalue weighted by atomic mass is 10.2. The molecule has 96 valence electrons. The average Bonchev–Trinajstić information content (AvgIpc) is 2.82. The summed E-state index contributed by atoms with van der Waals surface area (Å²) in [5.74, 6) is -1.13. The number of carbonyl (C=O) groups excluding carboxylic acids is 1. The van der Waals surface area contributed by atoms with Gasteiger partial charge in [0, 0.05) is 10.6 Å². The number of rotatable bonds is 3. The topological polar surface area (TPSA) is 83.2 Å². The van der Waals surface area contributed by atoms with Crippen LogP contribution in [0.5, 0.6) is 0 Å².